The number of methoxy groups -OCH3 is 3. The molecule has 0 bridgehead atoms. The quantitative estimate of drug-likeness (QED) is 0.449. The Hall–Kier alpha value is -2.65. The van der Waals surface area contributed by atoms with Gasteiger partial charge in [0.15, 0.2) is 17.3 Å². The number of hydrogen-bond donors (Lipinski definition) is 1. The van der Waals surface area contributed by atoms with Gasteiger partial charge in [0, 0.05) is 15.6 Å². The Kier molecular flexibility index (Phi) is 5.92. The van der Waals surface area contributed by atoms with Crippen LogP contribution in [-0.2, 0) is 0 Å². The summed E-state index contributed by atoms with van der Waals surface area (Å²) < 4.78 is 19.0. The van der Waals surface area contributed by atoms with Crippen molar-refractivity contribution in [2.45, 2.75) is 0 Å². The van der Waals surface area contributed by atoms with E-state index in [2.05, 4.69) is 31.2 Å². The van der Waals surface area contributed by atoms with Crippen LogP contribution in [0.15, 0.2) is 46.0 Å². The smallest absolute Gasteiger partial charge is 0.216 e. The Morgan fingerprint density at radius 3 is 2.48 bits per heavy atom. The lowest BCUT2D eigenvalue weighted by Gasteiger charge is -2.13. The van der Waals surface area contributed by atoms with Gasteiger partial charge in [0.25, 0.3) is 0 Å². The third kappa shape index (κ3) is 3.74. The molecule has 0 spiro atoms. The molecule has 3 aromatic rings. The van der Waals surface area contributed by atoms with Crippen LogP contribution in [0.25, 0.3) is 11.4 Å². The number of rotatable bonds is 6. The summed E-state index contributed by atoms with van der Waals surface area (Å²) in [5.41, 5.74) is 1.57. The van der Waals surface area contributed by atoms with Crippen molar-refractivity contribution in [3.05, 3.63) is 51.2 Å². The Bertz CT molecular complexity index is 1050. The van der Waals surface area contributed by atoms with Gasteiger partial charge in [0.1, 0.15) is 0 Å². The van der Waals surface area contributed by atoms with E-state index < -0.39 is 0 Å². The molecule has 9 heteroatoms. The van der Waals surface area contributed by atoms with Crippen LogP contribution in [-0.4, -0.2) is 42.4 Å². The maximum Gasteiger partial charge on any atom is 0.216 e. The minimum absolute atomic E-state index is 0.372. The first-order chi connectivity index (χ1) is 13.1. The van der Waals surface area contributed by atoms with E-state index in [1.807, 2.05) is 30.3 Å². The largest absolute Gasteiger partial charge is 0.493 e. The lowest BCUT2D eigenvalue weighted by Crippen LogP contribution is -2.00. The topological polar surface area (TPSA) is 73.7 Å². The number of aromatic nitrogens is 3. The number of H-pyrrole nitrogens is 1. The van der Waals surface area contributed by atoms with Crippen molar-refractivity contribution in [2.75, 3.05) is 21.3 Å². The second-order valence-corrected chi connectivity index (χ2v) is 6.55. The number of hydrogen-bond acceptors (Lipinski definition) is 6. The van der Waals surface area contributed by atoms with Crippen LogP contribution in [0.2, 0.25) is 0 Å². The van der Waals surface area contributed by atoms with Crippen molar-refractivity contribution in [2.24, 2.45) is 5.10 Å². The maximum atomic E-state index is 5.48. The molecule has 0 unspecified atom stereocenters. The van der Waals surface area contributed by atoms with Gasteiger partial charge in [-0.2, -0.15) is 14.9 Å². The van der Waals surface area contributed by atoms with Crippen LogP contribution in [0.3, 0.4) is 0 Å². The summed E-state index contributed by atoms with van der Waals surface area (Å²) in [6.45, 7) is 0. The molecule has 0 aliphatic carbocycles. The van der Waals surface area contributed by atoms with Crippen LogP contribution in [0, 0.1) is 4.77 Å². The van der Waals surface area contributed by atoms with E-state index in [0.717, 1.165) is 10.0 Å². The normalized spacial score (nSPS) is 11.0. The Morgan fingerprint density at radius 1 is 1.07 bits per heavy atom. The van der Waals surface area contributed by atoms with Crippen LogP contribution >= 0.6 is 28.1 Å². The lowest BCUT2D eigenvalue weighted by molar-refractivity contribution is 0.324. The first-order valence-corrected chi connectivity index (χ1v) is 9.06. The van der Waals surface area contributed by atoms with Crippen LogP contribution in [0.1, 0.15) is 5.56 Å². The standard InChI is InChI=1S/C18H17BrN4O3S/c1-24-14-9-8-11(15(25-2)16(14)26-3)10-20-23-17(21-22-18(23)27)12-6-4-5-7-13(12)19/h4-10H,1-3H3,(H,22,27). The van der Waals surface area contributed by atoms with Crippen LogP contribution < -0.4 is 14.2 Å². The van der Waals surface area contributed by atoms with Crippen molar-refractivity contribution < 1.29 is 14.2 Å². The van der Waals surface area contributed by atoms with Gasteiger partial charge >= 0.3 is 0 Å². The molecular weight excluding hydrogens is 432 g/mol. The molecule has 7 nitrogen and oxygen atoms in total. The van der Waals surface area contributed by atoms with E-state index in [1.54, 1.807) is 38.3 Å². The molecule has 140 valence electrons. The molecule has 3 rings (SSSR count). The number of halogens is 1. The van der Waals surface area contributed by atoms with Crippen molar-refractivity contribution in [1.29, 1.82) is 0 Å². The minimum Gasteiger partial charge on any atom is -0.493 e. The van der Waals surface area contributed by atoms with Gasteiger partial charge in [-0.1, -0.05) is 28.1 Å². The Balaban J connectivity index is 2.07. The van der Waals surface area contributed by atoms with E-state index in [-0.39, 0.29) is 0 Å². The van der Waals surface area contributed by atoms with Gasteiger partial charge in [-0.25, -0.2) is 5.10 Å². The molecule has 0 fully saturated rings. The zero-order chi connectivity index (χ0) is 19.4. The van der Waals surface area contributed by atoms with E-state index in [0.29, 0.717) is 33.4 Å². The number of nitrogens with zero attached hydrogens (tertiary/aromatic N) is 3. The number of ether oxygens (including phenoxy) is 3. The Morgan fingerprint density at radius 2 is 1.81 bits per heavy atom. The van der Waals surface area contributed by atoms with Crippen molar-refractivity contribution in [1.82, 2.24) is 14.9 Å². The summed E-state index contributed by atoms with van der Waals surface area (Å²) in [6, 6.07) is 11.3. The average molecular weight is 449 g/mol. The minimum atomic E-state index is 0.372. The first-order valence-electron chi connectivity index (χ1n) is 7.86. The third-order valence-electron chi connectivity index (χ3n) is 3.81. The summed E-state index contributed by atoms with van der Waals surface area (Å²) >= 11 is 8.85. The third-order valence-corrected chi connectivity index (χ3v) is 4.77. The number of nitrogens with one attached hydrogen (secondary N) is 1. The SMILES string of the molecule is COc1ccc(C=Nn2c(-c3ccccc3Br)n[nH]c2=S)c(OC)c1OC. The molecular formula is C18H17BrN4O3S. The lowest BCUT2D eigenvalue weighted by atomic mass is 10.2. The van der Waals surface area contributed by atoms with E-state index in [4.69, 9.17) is 26.4 Å². The predicted molar refractivity (Wildman–Crippen MR) is 110 cm³/mol. The van der Waals surface area contributed by atoms with Crippen molar-refractivity contribution in [3.8, 4) is 28.6 Å². The second kappa shape index (κ2) is 8.36. The molecule has 2 aromatic carbocycles. The van der Waals surface area contributed by atoms with Gasteiger partial charge in [0.05, 0.1) is 27.5 Å². The summed E-state index contributed by atoms with van der Waals surface area (Å²) in [5.74, 6) is 2.16. The van der Waals surface area contributed by atoms with Crippen LogP contribution in [0.5, 0.6) is 17.2 Å². The summed E-state index contributed by atoms with van der Waals surface area (Å²) in [4.78, 5) is 0. The first kappa shape index (κ1) is 19.1. The summed E-state index contributed by atoms with van der Waals surface area (Å²) in [7, 11) is 4.68. The average Bonchev–Trinajstić information content (AvgIpc) is 3.05. The molecule has 0 aliphatic heterocycles. The highest BCUT2D eigenvalue weighted by Crippen LogP contribution is 2.39. The van der Waals surface area contributed by atoms with Gasteiger partial charge < -0.3 is 14.2 Å². The van der Waals surface area contributed by atoms with Gasteiger partial charge in [-0.3, -0.25) is 0 Å². The van der Waals surface area contributed by atoms with Crippen molar-refractivity contribution >= 4 is 34.4 Å². The highest BCUT2D eigenvalue weighted by Gasteiger charge is 2.15. The highest BCUT2D eigenvalue weighted by atomic mass is 79.9. The predicted octanol–water partition coefficient (Wildman–Crippen LogP) is 4.28. The molecule has 27 heavy (non-hydrogen) atoms. The number of aromatic amines is 1. The molecule has 1 heterocycles. The number of benzene rings is 2. The van der Waals surface area contributed by atoms with Gasteiger partial charge in [-0.05, 0) is 36.5 Å². The fourth-order valence-electron chi connectivity index (χ4n) is 2.56. The molecule has 0 saturated heterocycles. The molecule has 1 N–H and O–H groups in total. The van der Waals surface area contributed by atoms with Gasteiger partial charge in [0.2, 0.25) is 10.5 Å². The summed E-state index contributed by atoms with van der Waals surface area (Å²) in [5, 5.41) is 11.6. The molecule has 0 atom stereocenters. The van der Waals surface area contributed by atoms with E-state index in [1.165, 1.54) is 0 Å². The fraction of sp³-hybridized carbons (Fsp3) is 0.167. The Labute approximate surface area is 169 Å². The van der Waals surface area contributed by atoms with Gasteiger partial charge in [-0.15, -0.1) is 0 Å². The molecule has 0 radical (unpaired) electrons. The maximum absolute atomic E-state index is 5.48. The zero-order valence-corrected chi connectivity index (χ0v) is 17.3. The summed E-state index contributed by atoms with van der Waals surface area (Å²) in [6.07, 6.45) is 1.63. The van der Waals surface area contributed by atoms with E-state index >= 15 is 0 Å². The molecule has 0 aliphatic rings. The molecule has 0 saturated carbocycles. The fourth-order valence-corrected chi connectivity index (χ4v) is 3.20. The second-order valence-electron chi connectivity index (χ2n) is 5.31. The monoisotopic (exact) mass is 448 g/mol. The van der Waals surface area contributed by atoms with Crippen molar-refractivity contribution in [3.63, 3.8) is 0 Å². The van der Waals surface area contributed by atoms with Crippen LogP contribution in [0.4, 0.5) is 0 Å². The highest BCUT2D eigenvalue weighted by molar-refractivity contribution is 9.10. The molecule has 0 amide bonds. The zero-order valence-electron chi connectivity index (χ0n) is 14.9. The van der Waals surface area contributed by atoms with E-state index in [9.17, 15) is 0 Å². The molecule has 1 aromatic heterocycles.